The number of rotatable bonds is 8. The molecule has 0 amide bonds. The normalized spacial score (nSPS) is 13.5. The zero-order chi connectivity index (χ0) is 12.8. The van der Waals surface area contributed by atoms with Crippen LogP contribution in [-0.4, -0.2) is 9.49 Å². The summed E-state index contributed by atoms with van der Waals surface area (Å²) in [7, 11) is 0. The molecule has 0 aromatic carbocycles. The number of hydrogen-bond donors (Lipinski definition) is 1. The standard InChI is InChI=1S/C12H28NPS2/c1-7-9-11(3,4)15-14(13)16-12(5,6)10-8-2/h7-10,13H2,1-6H3. The van der Waals surface area contributed by atoms with Gasteiger partial charge in [-0.25, -0.2) is 0 Å². The lowest BCUT2D eigenvalue weighted by molar-refractivity contribution is 0.629. The molecule has 0 aromatic rings. The van der Waals surface area contributed by atoms with E-state index in [4.69, 9.17) is 5.50 Å². The van der Waals surface area contributed by atoms with E-state index in [0.29, 0.717) is 9.49 Å². The van der Waals surface area contributed by atoms with Gasteiger partial charge in [0.1, 0.15) is 0 Å². The van der Waals surface area contributed by atoms with Crippen LogP contribution in [0.25, 0.3) is 0 Å². The van der Waals surface area contributed by atoms with Crippen LogP contribution in [0.2, 0.25) is 0 Å². The van der Waals surface area contributed by atoms with Crippen LogP contribution < -0.4 is 5.50 Å². The van der Waals surface area contributed by atoms with Gasteiger partial charge in [0, 0.05) is 9.49 Å². The summed E-state index contributed by atoms with van der Waals surface area (Å²) < 4.78 is 0.676. The quantitative estimate of drug-likeness (QED) is 0.570. The van der Waals surface area contributed by atoms with E-state index in [2.05, 4.69) is 41.5 Å². The molecular formula is C12H28NPS2. The molecule has 4 heteroatoms. The molecule has 0 rings (SSSR count). The highest BCUT2D eigenvalue weighted by atomic mass is 33.1. The monoisotopic (exact) mass is 281 g/mol. The molecule has 0 spiro atoms. The van der Waals surface area contributed by atoms with Gasteiger partial charge >= 0.3 is 0 Å². The Morgan fingerprint density at radius 1 is 0.875 bits per heavy atom. The first-order valence-corrected chi connectivity index (χ1v) is 10.4. The fourth-order valence-corrected chi connectivity index (χ4v) is 11.0. The minimum atomic E-state index is -0.446. The van der Waals surface area contributed by atoms with Crippen LogP contribution in [0.5, 0.6) is 0 Å². The SMILES string of the molecule is CCCC(C)(C)SP(N)SC(C)(C)CCC. The molecule has 0 fully saturated rings. The molecule has 0 saturated heterocycles. The van der Waals surface area contributed by atoms with Crippen molar-refractivity contribution in [2.24, 2.45) is 5.50 Å². The Morgan fingerprint density at radius 2 is 1.19 bits per heavy atom. The highest BCUT2D eigenvalue weighted by Gasteiger charge is 2.27. The maximum atomic E-state index is 6.30. The zero-order valence-corrected chi connectivity index (χ0v) is 14.2. The molecule has 0 heterocycles. The highest BCUT2D eigenvalue weighted by molar-refractivity contribution is 8.88. The van der Waals surface area contributed by atoms with Gasteiger partial charge < -0.3 is 0 Å². The summed E-state index contributed by atoms with van der Waals surface area (Å²) in [5, 5.41) is 0. The average Bonchev–Trinajstić information content (AvgIpc) is 1.99. The maximum absolute atomic E-state index is 6.30. The van der Waals surface area contributed by atoms with Gasteiger partial charge in [-0.3, -0.25) is 5.50 Å². The molecule has 1 nitrogen and oxygen atoms in total. The maximum Gasteiger partial charge on any atom is 0.0829 e. The summed E-state index contributed by atoms with van der Waals surface area (Å²) in [4.78, 5) is 0. The van der Waals surface area contributed by atoms with E-state index in [0.717, 1.165) is 0 Å². The van der Waals surface area contributed by atoms with Crippen LogP contribution >= 0.6 is 29.2 Å². The van der Waals surface area contributed by atoms with E-state index in [1.165, 1.54) is 25.7 Å². The first-order chi connectivity index (χ1) is 7.22. The third-order valence-corrected chi connectivity index (χ3v) is 9.52. The Labute approximate surface area is 111 Å². The third kappa shape index (κ3) is 8.22. The van der Waals surface area contributed by atoms with Gasteiger partial charge in [-0.1, -0.05) is 54.4 Å². The van der Waals surface area contributed by atoms with Crippen LogP contribution in [0.1, 0.15) is 67.2 Å². The van der Waals surface area contributed by atoms with Crippen LogP contribution in [0.15, 0.2) is 0 Å². The Bertz CT molecular complexity index is 175. The molecule has 0 radical (unpaired) electrons. The molecule has 98 valence electrons. The molecule has 0 aliphatic rings. The van der Waals surface area contributed by atoms with Crippen molar-refractivity contribution in [1.29, 1.82) is 0 Å². The molecule has 0 aromatic heterocycles. The molecule has 0 unspecified atom stereocenters. The van der Waals surface area contributed by atoms with Gasteiger partial charge in [0.15, 0.2) is 0 Å². The summed E-state index contributed by atoms with van der Waals surface area (Å²) >= 11 is 3.97. The Hall–Kier alpha value is 1.09. The highest BCUT2D eigenvalue weighted by Crippen LogP contribution is 2.64. The molecule has 0 saturated carbocycles. The van der Waals surface area contributed by atoms with E-state index >= 15 is 0 Å². The summed E-state index contributed by atoms with van der Waals surface area (Å²) in [5.74, 6) is 0. The minimum Gasteiger partial charge on any atom is -0.293 e. The van der Waals surface area contributed by atoms with Gasteiger partial charge in [0.2, 0.25) is 0 Å². The van der Waals surface area contributed by atoms with E-state index in [1.54, 1.807) is 0 Å². The van der Waals surface area contributed by atoms with Gasteiger partial charge in [0.05, 0.1) is 6.48 Å². The largest absolute Gasteiger partial charge is 0.293 e. The molecule has 16 heavy (non-hydrogen) atoms. The zero-order valence-electron chi connectivity index (χ0n) is 11.7. The molecule has 0 bridgehead atoms. The van der Waals surface area contributed by atoms with E-state index in [1.807, 2.05) is 22.8 Å². The van der Waals surface area contributed by atoms with Crippen molar-refractivity contribution >= 4 is 29.2 Å². The van der Waals surface area contributed by atoms with Crippen LogP contribution in [-0.2, 0) is 0 Å². The van der Waals surface area contributed by atoms with Crippen molar-refractivity contribution in [2.75, 3.05) is 0 Å². The molecule has 2 N–H and O–H groups in total. The Morgan fingerprint density at radius 3 is 1.44 bits per heavy atom. The summed E-state index contributed by atoms with van der Waals surface area (Å²) in [6, 6.07) is 0. The third-order valence-electron chi connectivity index (χ3n) is 2.38. The summed E-state index contributed by atoms with van der Waals surface area (Å²) in [6.07, 6.45) is 4.99. The summed E-state index contributed by atoms with van der Waals surface area (Å²) in [6.45, 7) is 13.3. The fourth-order valence-electron chi connectivity index (χ4n) is 1.80. The van der Waals surface area contributed by atoms with Crippen LogP contribution in [0.3, 0.4) is 0 Å². The van der Waals surface area contributed by atoms with Gasteiger partial charge in [-0.05, 0) is 12.8 Å². The lowest BCUT2D eigenvalue weighted by Gasteiger charge is -2.31. The molecule has 0 aliphatic carbocycles. The smallest absolute Gasteiger partial charge is 0.0829 e. The van der Waals surface area contributed by atoms with Crippen LogP contribution in [0.4, 0.5) is 0 Å². The van der Waals surface area contributed by atoms with E-state index in [-0.39, 0.29) is 0 Å². The number of nitrogens with two attached hydrogens (primary N) is 1. The second kappa shape index (κ2) is 7.51. The van der Waals surface area contributed by atoms with Crippen molar-refractivity contribution in [3.05, 3.63) is 0 Å². The first-order valence-electron chi connectivity index (χ1n) is 6.15. The van der Waals surface area contributed by atoms with E-state index < -0.39 is 6.48 Å². The molecular weight excluding hydrogens is 253 g/mol. The topological polar surface area (TPSA) is 26.0 Å². The van der Waals surface area contributed by atoms with Gasteiger partial charge in [-0.15, -0.1) is 22.8 Å². The molecule has 0 atom stereocenters. The van der Waals surface area contributed by atoms with Crippen molar-refractivity contribution in [3.63, 3.8) is 0 Å². The van der Waals surface area contributed by atoms with Crippen molar-refractivity contribution in [1.82, 2.24) is 0 Å². The fraction of sp³-hybridized carbons (Fsp3) is 1.00. The van der Waals surface area contributed by atoms with Crippen molar-refractivity contribution in [2.45, 2.75) is 76.7 Å². The predicted octanol–water partition coefficient (Wildman–Crippen LogP) is 5.80. The average molecular weight is 281 g/mol. The second-order valence-corrected chi connectivity index (χ2v) is 12.8. The Balaban J connectivity index is 4.11. The minimum absolute atomic E-state index is 0.338. The van der Waals surface area contributed by atoms with Gasteiger partial charge in [-0.2, -0.15) is 0 Å². The Kier molecular flexibility index (Phi) is 8.02. The molecule has 0 aliphatic heterocycles. The number of hydrogen-bond acceptors (Lipinski definition) is 3. The summed E-state index contributed by atoms with van der Waals surface area (Å²) in [5.41, 5.74) is 6.30. The van der Waals surface area contributed by atoms with Crippen molar-refractivity contribution < 1.29 is 0 Å². The lowest BCUT2D eigenvalue weighted by Crippen LogP contribution is -2.16. The lowest BCUT2D eigenvalue weighted by atomic mass is 10.1. The van der Waals surface area contributed by atoms with E-state index in [9.17, 15) is 0 Å². The first kappa shape index (κ1) is 17.1. The van der Waals surface area contributed by atoms with Crippen LogP contribution in [0, 0.1) is 0 Å². The van der Waals surface area contributed by atoms with Gasteiger partial charge in [0.25, 0.3) is 0 Å². The second-order valence-electron chi connectivity index (χ2n) is 5.49. The predicted molar refractivity (Wildman–Crippen MR) is 84.3 cm³/mol. The van der Waals surface area contributed by atoms with Crippen molar-refractivity contribution in [3.8, 4) is 0 Å².